The predicted molar refractivity (Wildman–Crippen MR) is 70.4 cm³/mol. The molecule has 0 radical (unpaired) electrons. The largest absolute Gasteiger partial charge is 0.380 e. The molecule has 0 aliphatic rings. The Balaban J connectivity index is 2.04. The van der Waals surface area contributed by atoms with Gasteiger partial charge in [-0.25, -0.2) is 9.37 Å². The van der Waals surface area contributed by atoms with E-state index < -0.39 is 0 Å². The summed E-state index contributed by atoms with van der Waals surface area (Å²) in [4.78, 5) is 4.12. The van der Waals surface area contributed by atoms with Gasteiger partial charge < -0.3 is 5.32 Å². The Kier molecular flexibility index (Phi) is 3.74. The van der Waals surface area contributed by atoms with E-state index in [1.165, 1.54) is 12.1 Å². The van der Waals surface area contributed by atoms with Crippen molar-refractivity contribution in [3.8, 4) is 0 Å². The first-order chi connectivity index (χ1) is 8.15. The molecule has 2 rings (SSSR count). The molecule has 0 bridgehead atoms. The molecule has 0 aliphatic carbocycles. The first kappa shape index (κ1) is 12.0. The van der Waals surface area contributed by atoms with Crippen LogP contribution in [0.15, 0.2) is 41.1 Å². The van der Waals surface area contributed by atoms with E-state index >= 15 is 0 Å². The predicted octanol–water partition coefficient (Wildman–Crippen LogP) is 3.90. The molecule has 17 heavy (non-hydrogen) atoms. The van der Waals surface area contributed by atoms with E-state index in [2.05, 4.69) is 26.2 Å². The molecule has 1 aromatic heterocycles. The highest BCUT2D eigenvalue weighted by molar-refractivity contribution is 9.10. The molecule has 4 heteroatoms. The lowest BCUT2D eigenvalue weighted by atomic mass is 10.1. The summed E-state index contributed by atoms with van der Waals surface area (Å²) in [6.45, 7) is 2.56. The summed E-state index contributed by atoms with van der Waals surface area (Å²) in [7, 11) is 0. The van der Waals surface area contributed by atoms with Crippen LogP contribution < -0.4 is 5.32 Å². The second-order valence-corrected chi connectivity index (χ2v) is 4.61. The topological polar surface area (TPSA) is 24.9 Å². The van der Waals surface area contributed by atoms with Crippen LogP contribution in [0.4, 0.5) is 10.1 Å². The third-order valence-corrected chi connectivity index (χ3v) is 2.98. The van der Waals surface area contributed by atoms with Crippen molar-refractivity contribution in [3.63, 3.8) is 0 Å². The zero-order valence-corrected chi connectivity index (χ0v) is 11.0. The molecule has 2 aromatic rings. The fourth-order valence-corrected chi connectivity index (χ4v) is 1.77. The molecule has 0 amide bonds. The van der Waals surface area contributed by atoms with Crippen LogP contribution in [0, 0.1) is 12.7 Å². The Hall–Kier alpha value is -1.42. The summed E-state index contributed by atoms with van der Waals surface area (Å²) in [5, 5.41) is 3.24. The molecule has 1 N–H and O–H groups in total. The van der Waals surface area contributed by atoms with Gasteiger partial charge >= 0.3 is 0 Å². The molecule has 1 aromatic carbocycles. The van der Waals surface area contributed by atoms with E-state index in [0.29, 0.717) is 6.54 Å². The summed E-state index contributed by atoms with van der Waals surface area (Å²) in [6, 6.07) is 8.63. The molecule has 0 spiro atoms. The van der Waals surface area contributed by atoms with Gasteiger partial charge in [0.2, 0.25) is 0 Å². The fraction of sp³-hybridized carbons (Fsp3) is 0.154. The molecule has 0 saturated heterocycles. The van der Waals surface area contributed by atoms with E-state index in [0.717, 1.165) is 21.4 Å². The first-order valence-corrected chi connectivity index (χ1v) is 6.05. The van der Waals surface area contributed by atoms with Crippen molar-refractivity contribution in [3.05, 3.63) is 58.1 Å². The molecule has 0 saturated carbocycles. The Bertz CT molecular complexity index is 511. The minimum absolute atomic E-state index is 0.198. The molecule has 0 atom stereocenters. The van der Waals surface area contributed by atoms with Crippen molar-refractivity contribution in [1.82, 2.24) is 4.98 Å². The minimum Gasteiger partial charge on any atom is -0.380 e. The smallest absolute Gasteiger partial charge is 0.123 e. The number of anilines is 1. The summed E-state index contributed by atoms with van der Waals surface area (Å²) in [5.41, 5.74) is 2.97. The summed E-state index contributed by atoms with van der Waals surface area (Å²) < 4.78 is 13.7. The Morgan fingerprint density at radius 1 is 1.29 bits per heavy atom. The average Bonchev–Trinajstić information content (AvgIpc) is 2.30. The van der Waals surface area contributed by atoms with Crippen molar-refractivity contribution in [1.29, 1.82) is 0 Å². The third kappa shape index (κ3) is 3.27. The molecule has 0 fully saturated rings. The SMILES string of the molecule is Cc1cc(F)ccc1CNc1ccc(Br)nc1. The summed E-state index contributed by atoms with van der Waals surface area (Å²) in [5.74, 6) is -0.198. The fourth-order valence-electron chi connectivity index (χ4n) is 1.54. The van der Waals surface area contributed by atoms with E-state index in [-0.39, 0.29) is 5.82 Å². The molecule has 1 heterocycles. The standard InChI is InChI=1S/C13H12BrFN2/c1-9-6-11(15)3-2-10(9)7-16-12-4-5-13(14)17-8-12/h2-6,8,16H,7H2,1H3. The monoisotopic (exact) mass is 294 g/mol. The van der Waals surface area contributed by atoms with Gasteiger partial charge in [-0.2, -0.15) is 0 Å². The van der Waals surface area contributed by atoms with Gasteiger partial charge in [-0.15, -0.1) is 0 Å². The van der Waals surface area contributed by atoms with Gasteiger partial charge in [0.05, 0.1) is 11.9 Å². The molecule has 88 valence electrons. The van der Waals surface area contributed by atoms with Gasteiger partial charge in [-0.05, 0) is 58.2 Å². The number of benzene rings is 1. The summed E-state index contributed by atoms with van der Waals surface area (Å²) >= 11 is 3.28. The van der Waals surface area contributed by atoms with Gasteiger partial charge in [-0.1, -0.05) is 6.07 Å². The van der Waals surface area contributed by atoms with Crippen LogP contribution >= 0.6 is 15.9 Å². The highest BCUT2D eigenvalue weighted by Gasteiger charge is 2.00. The lowest BCUT2D eigenvalue weighted by Crippen LogP contribution is -2.01. The second kappa shape index (κ2) is 5.27. The van der Waals surface area contributed by atoms with Gasteiger partial charge in [-0.3, -0.25) is 0 Å². The quantitative estimate of drug-likeness (QED) is 0.869. The molecular weight excluding hydrogens is 283 g/mol. The van der Waals surface area contributed by atoms with Gasteiger partial charge in [0.1, 0.15) is 10.4 Å². The van der Waals surface area contributed by atoms with Gasteiger partial charge in [0.25, 0.3) is 0 Å². The second-order valence-electron chi connectivity index (χ2n) is 3.79. The lowest BCUT2D eigenvalue weighted by molar-refractivity contribution is 0.625. The van der Waals surface area contributed by atoms with Crippen LogP contribution in [0.1, 0.15) is 11.1 Å². The van der Waals surface area contributed by atoms with Crippen molar-refractivity contribution in [2.75, 3.05) is 5.32 Å². The third-order valence-electron chi connectivity index (χ3n) is 2.51. The number of hydrogen-bond acceptors (Lipinski definition) is 2. The van der Waals surface area contributed by atoms with Crippen LogP contribution in [0.25, 0.3) is 0 Å². The minimum atomic E-state index is -0.198. The van der Waals surface area contributed by atoms with Gasteiger partial charge in [0.15, 0.2) is 0 Å². The number of pyridine rings is 1. The first-order valence-electron chi connectivity index (χ1n) is 5.25. The number of aromatic nitrogens is 1. The van der Waals surface area contributed by atoms with Crippen molar-refractivity contribution >= 4 is 21.6 Å². The lowest BCUT2D eigenvalue weighted by Gasteiger charge is -2.08. The van der Waals surface area contributed by atoms with Crippen LogP contribution in [-0.2, 0) is 6.54 Å². The van der Waals surface area contributed by atoms with Gasteiger partial charge in [0, 0.05) is 6.54 Å². The molecule has 0 aliphatic heterocycles. The van der Waals surface area contributed by atoms with E-state index in [1.54, 1.807) is 12.3 Å². The number of halogens is 2. The van der Waals surface area contributed by atoms with Crippen LogP contribution in [0.3, 0.4) is 0 Å². The van der Waals surface area contributed by atoms with E-state index in [9.17, 15) is 4.39 Å². The zero-order valence-electron chi connectivity index (χ0n) is 9.37. The van der Waals surface area contributed by atoms with E-state index in [4.69, 9.17) is 0 Å². The number of aryl methyl sites for hydroxylation is 1. The summed E-state index contributed by atoms with van der Waals surface area (Å²) in [6.07, 6.45) is 1.75. The van der Waals surface area contributed by atoms with Crippen molar-refractivity contribution in [2.45, 2.75) is 13.5 Å². The molecule has 2 nitrogen and oxygen atoms in total. The highest BCUT2D eigenvalue weighted by atomic mass is 79.9. The maximum absolute atomic E-state index is 12.9. The van der Waals surface area contributed by atoms with E-state index in [1.807, 2.05) is 19.1 Å². The molecule has 0 unspecified atom stereocenters. The highest BCUT2D eigenvalue weighted by Crippen LogP contribution is 2.14. The van der Waals surface area contributed by atoms with Crippen LogP contribution in [0.5, 0.6) is 0 Å². The number of nitrogens with zero attached hydrogens (tertiary/aromatic N) is 1. The maximum atomic E-state index is 12.9. The Morgan fingerprint density at radius 2 is 2.12 bits per heavy atom. The van der Waals surface area contributed by atoms with Crippen molar-refractivity contribution in [2.24, 2.45) is 0 Å². The van der Waals surface area contributed by atoms with Crippen LogP contribution in [0.2, 0.25) is 0 Å². The van der Waals surface area contributed by atoms with Crippen molar-refractivity contribution < 1.29 is 4.39 Å². The number of nitrogens with one attached hydrogen (secondary N) is 1. The Morgan fingerprint density at radius 3 is 2.76 bits per heavy atom. The number of rotatable bonds is 3. The number of hydrogen-bond donors (Lipinski definition) is 1. The Labute approximate surface area is 108 Å². The normalized spacial score (nSPS) is 10.3. The molecular formula is C13H12BrFN2. The maximum Gasteiger partial charge on any atom is 0.123 e. The van der Waals surface area contributed by atoms with Crippen LogP contribution in [-0.4, -0.2) is 4.98 Å². The zero-order chi connectivity index (χ0) is 12.3. The average molecular weight is 295 g/mol.